The second kappa shape index (κ2) is 4.45. The summed E-state index contributed by atoms with van der Waals surface area (Å²) in [5.41, 5.74) is 0. The first-order valence-corrected chi connectivity index (χ1v) is 6.92. The minimum atomic E-state index is 0.544. The maximum absolute atomic E-state index is 6.00. The maximum Gasteiger partial charge on any atom is 0.134 e. The molecule has 0 amide bonds. The number of aromatic nitrogens is 2. The van der Waals surface area contributed by atoms with Gasteiger partial charge in [0.2, 0.25) is 0 Å². The Kier molecular flexibility index (Phi) is 2.95. The molecule has 2 aliphatic rings. The minimum Gasteiger partial charge on any atom is -0.367 e. The molecule has 0 aliphatic heterocycles. The number of aryl methyl sites for hydroxylation is 1. The summed E-state index contributed by atoms with van der Waals surface area (Å²) in [6.45, 7) is 2.05. The molecule has 2 saturated carbocycles. The molecule has 4 heteroatoms. The Hall–Kier alpha value is -0.830. The first-order valence-electron chi connectivity index (χ1n) is 6.54. The average Bonchev–Trinajstić information content (AvgIpc) is 2.90. The third-order valence-electron chi connectivity index (χ3n) is 4.13. The standard InChI is InChI=1S/C13H18ClN3/c1-2-12-16-11(14)7-13(17-12)15-10-6-8-3-4-9(10)5-8/h7-10H,2-6H2,1H3,(H,15,16,17). The largest absolute Gasteiger partial charge is 0.367 e. The van der Waals surface area contributed by atoms with Crippen molar-refractivity contribution >= 4 is 17.4 Å². The highest BCUT2D eigenvalue weighted by molar-refractivity contribution is 6.29. The van der Waals surface area contributed by atoms with Gasteiger partial charge in [0.25, 0.3) is 0 Å². The van der Waals surface area contributed by atoms with E-state index in [9.17, 15) is 0 Å². The lowest BCUT2D eigenvalue weighted by molar-refractivity contribution is 0.439. The second-order valence-electron chi connectivity index (χ2n) is 5.27. The number of hydrogen-bond acceptors (Lipinski definition) is 3. The number of nitrogens with zero attached hydrogens (tertiary/aromatic N) is 2. The van der Waals surface area contributed by atoms with E-state index < -0.39 is 0 Å². The first-order chi connectivity index (χ1) is 8.24. The Bertz CT molecular complexity index is 421. The van der Waals surface area contributed by atoms with Crippen LogP contribution in [0.2, 0.25) is 5.15 Å². The van der Waals surface area contributed by atoms with Crippen molar-refractivity contribution in [3.63, 3.8) is 0 Å². The van der Waals surface area contributed by atoms with E-state index in [1.54, 1.807) is 0 Å². The lowest BCUT2D eigenvalue weighted by Crippen LogP contribution is -2.26. The monoisotopic (exact) mass is 251 g/mol. The lowest BCUT2D eigenvalue weighted by Gasteiger charge is -2.23. The summed E-state index contributed by atoms with van der Waals surface area (Å²) in [5, 5.41) is 4.10. The second-order valence-corrected chi connectivity index (χ2v) is 5.66. The number of halogens is 1. The predicted octanol–water partition coefficient (Wildman–Crippen LogP) is 3.29. The molecule has 17 heavy (non-hydrogen) atoms. The summed E-state index contributed by atoms with van der Waals surface area (Å²) >= 11 is 6.00. The van der Waals surface area contributed by atoms with Gasteiger partial charge in [-0.25, -0.2) is 9.97 Å². The van der Waals surface area contributed by atoms with Crippen molar-refractivity contribution < 1.29 is 0 Å². The van der Waals surface area contributed by atoms with E-state index in [4.69, 9.17) is 11.6 Å². The molecule has 0 spiro atoms. The Morgan fingerprint density at radius 1 is 1.35 bits per heavy atom. The van der Waals surface area contributed by atoms with Crippen LogP contribution in [-0.2, 0) is 6.42 Å². The summed E-state index contributed by atoms with van der Waals surface area (Å²) in [6, 6.07) is 2.44. The molecule has 92 valence electrons. The van der Waals surface area contributed by atoms with Crippen LogP contribution >= 0.6 is 11.6 Å². The van der Waals surface area contributed by atoms with E-state index in [0.29, 0.717) is 11.2 Å². The smallest absolute Gasteiger partial charge is 0.134 e. The molecule has 3 unspecified atom stereocenters. The lowest BCUT2D eigenvalue weighted by atomic mass is 9.95. The number of fused-ring (bicyclic) bond motifs is 2. The van der Waals surface area contributed by atoms with Gasteiger partial charge in [0, 0.05) is 18.5 Å². The number of anilines is 1. The zero-order valence-corrected chi connectivity index (χ0v) is 10.9. The molecular weight excluding hydrogens is 234 g/mol. The van der Waals surface area contributed by atoms with Gasteiger partial charge in [-0.05, 0) is 31.1 Å². The normalized spacial score (nSPS) is 30.8. The zero-order valence-electron chi connectivity index (χ0n) is 10.1. The molecule has 2 bridgehead atoms. The van der Waals surface area contributed by atoms with Crippen molar-refractivity contribution in [3.05, 3.63) is 17.0 Å². The van der Waals surface area contributed by atoms with E-state index in [0.717, 1.165) is 29.9 Å². The molecule has 1 aromatic heterocycles. The maximum atomic E-state index is 6.00. The Labute approximate surface area is 107 Å². The van der Waals surface area contributed by atoms with Gasteiger partial charge in [0.15, 0.2) is 0 Å². The van der Waals surface area contributed by atoms with E-state index in [-0.39, 0.29) is 0 Å². The summed E-state index contributed by atoms with van der Waals surface area (Å²) < 4.78 is 0. The van der Waals surface area contributed by atoms with Crippen LogP contribution in [0.3, 0.4) is 0 Å². The molecule has 0 radical (unpaired) electrons. The fourth-order valence-corrected chi connectivity index (χ4v) is 3.51. The minimum absolute atomic E-state index is 0.544. The summed E-state index contributed by atoms with van der Waals surface area (Å²) in [7, 11) is 0. The highest BCUT2D eigenvalue weighted by Gasteiger charge is 2.39. The van der Waals surface area contributed by atoms with Crippen molar-refractivity contribution in [2.75, 3.05) is 5.32 Å². The van der Waals surface area contributed by atoms with Gasteiger partial charge in [-0.15, -0.1) is 0 Å². The third-order valence-corrected chi connectivity index (χ3v) is 4.32. The zero-order chi connectivity index (χ0) is 11.8. The number of hydrogen-bond donors (Lipinski definition) is 1. The van der Waals surface area contributed by atoms with Crippen LogP contribution in [0.5, 0.6) is 0 Å². The molecule has 1 aromatic rings. The van der Waals surface area contributed by atoms with Crippen molar-refractivity contribution in [1.29, 1.82) is 0 Å². The van der Waals surface area contributed by atoms with Crippen LogP contribution in [0.25, 0.3) is 0 Å². The van der Waals surface area contributed by atoms with Gasteiger partial charge >= 0.3 is 0 Å². The van der Waals surface area contributed by atoms with Crippen molar-refractivity contribution in [1.82, 2.24) is 9.97 Å². The number of nitrogens with one attached hydrogen (secondary N) is 1. The van der Waals surface area contributed by atoms with Crippen molar-refractivity contribution in [3.8, 4) is 0 Å². The summed E-state index contributed by atoms with van der Waals surface area (Å²) in [6.07, 6.45) is 6.33. The summed E-state index contributed by atoms with van der Waals surface area (Å²) in [5.74, 6) is 3.52. The van der Waals surface area contributed by atoms with E-state index >= 15 is 0 Å². The van der Waals surface area contributed by atoms with E-state index in [1.807, 2.05) is 13.0 Å². The van der Waals surface area contributed by atoms with Crippen LogP contribution in [0.1, 0.15) is 38.4 Å². The fraction of sp³-hybridized carbons (Fsp3) is 0.692. The van der Waals surface area contributed by atoms with Gasteiger partial charge in [-0.3, -0.25) is 0 Å². The fourth-order valence-electron chi connectivity index (χ4n) is 3.31. The molecule has 3 nitrogen and oxygen atoms in total. The molecule has 2 fully saturated rings. The third kappa shape index (κ3) is 2.25. The molecule has 3 atom stereocenters. The highest BCUT2D eigenvalue weighted by Crippen LogP contribution is 2.45. The van der Waals surface area contributed by atoms with Gasteiger partial charge in [-0.1, -0.05) is 24.9 Å². The van der Waals surface area contributed by atoms with Crippen LogP contribution in [0, 0.1) is 11.8 Å². The highest BCUT2D eigenvalue weighted by atomic mass is 35.5. The van der Waals surface area contributed by atoms with Crippen molar-refractivity contribution in [2.45, 2.75) is 45.1 Å². The first kappa shape index (κ1) is 11.3. The Morgan fingerprint density at radius 2 is 2.24 bits per heavy atom. The van der Waals surface area contributed by atoms with Gasteiger partial charge in [0.05, 0.1) is 0 Å². The quantitative estimate of drug-likeness (QED) is 0.838. The van der Waals surface area contributed by atoms with Crippen LogP contribution < -0.4 is 5.32 Å². The molecular formula is C13H18ClN3. The summed E-state index contributed by atoms with van der Waals surface area (Å²) in [4.78, 5) is 8.68. The molecule has 0 aromatic carbocycles. The number of rotatable bonds is 3. The SMILES string of the molecule is CCc1nc(Cl)cc(NC2CC3CCC2C3)n1. The van der Waals surface area contributed by atoms with E-state index in [2.05, 4.69) is 15.3 Å². The van der Waals surface area contributed by atoms with Crippen LogP contribution in [-0.4, -0.2) is 16.0 Å². The van der Waals surface area contributed by atoms with Gasteiger partial charge in [0.1, 0.15) is 16.8 Å². The van der Waals surface area contributed by atoms with Crippen molar-refractivity contribution in [2.24, 2.45) is 11.8 Å². The molecule has 1 N–H and O–H groups in total. The van der Waals surface area contributed by atoms with Crippen LogP contribution in [0.4, 0.5) is 5.82 Å². The molecule has 0 saturated heterocycles. The van der Waals surface area contributed by atoms with Gasteiger partial charge < -0.3 is 5.32 Å². The average molecular weight is 252 g/mol. The molecule has 1 heterocycles. The van der Waals surface area contributed by atoms with E-state index in [1.165, 1.54) is 25.7 Å². The van der Waals surface area contributed by atoms with Crippen LogP contribution in [0.15, 0.2) is 6.07 Å². The Balaban J connectivity index is 1.74. The molecule has 3 rings (SSSR count). The molecule has 2 aliphatic carbocycles. The topological polar surface area (TPSA) is 37.8 Å². The Morgan fingerprint density at radius 3 is 2.88 bits per heavy atom. The van der Waals surface area contributed by atoms with Gasteiger partial charge in [-0.2, -0.15) is 0 Å². The predicted molar refractivity (Wildman–Crippen MR) is 69.3 cm³/mol.